The first-order valence-corrected chi connectivity index (χ1v) is 12.9. The SMILES string of the molecule is COC1CN(Cc2ccc(C#Cc3ccc([C@H](CNC4(C)CC4)Cc4nc[nH]c(=O)c4O)cc3)cc2)C1. The summed E-state index contributed by atoms with van der Waals surface area (Å²) >= 11 is 0. The third-order valence-corrected chi connectivity index (χ3v) is 7.47. The van der Waals surface area contributed by atoms with Crippen LogP contribution in [0.25, 0.3) is 0 Å². The van der Waals surface area contributed by atoms with Gasteiger partial charge in [0.1, 0.15) is 0 Å². The first-order chi connectivity index (χ1) is 17.9. The lowest BCUT2D eigenvalue weighted by molar-refractivity contribution is -0.0333. The Hall–Kier alpha value is -3.44. The summed E-state index contributed by atoms with van der Waals surface area (Å²) in [5.41, 5.74) is 4.42. The predicted molar refractivity (Wildman–Crippen MR) is 144 cm³/mol. The Morgan fingerprint density at radius 3 is 2.41 bits per heavy atom. The smallest absolute Gasteiger partial charge is 0.293 e. The number of ether oxygens (including phenoxy) is 1. The molecule has 0 bridgehead atoms. The lowest BCUT2D eigenvalue weighted by atomic mass is 9.92. The molecule has 1 aliphatic heterocycles. The van der Waals surface area contributed by atoms with Crippen LogP contribution in [0.3, 0.4) is 0 Å². The van der Waals surface area contributed by atoms with E-state index in [-0.39, 0.29) is 17.2 Å². The molecule has 7 heteroatoms. The lowest BCUT2D eigenvalue weighted by Gasteiger charge is -2.38. The zero-order chi connectivity index (χ0) is 25.8. The molecule has 1 atom stereocenters. The minimum atomic E-state index is -0.509. The largest absolute Gasteiger partial charge is 0.502 e. The van der Waals surface area contributed by atoms with E-state index in [4.69, 9.17) is 4.74 Å². The maximum absolute atomic E-state index is 11.8. The van der Waals surface area contributed by atoms with E-state index in [0.717, 1.165) is 55.7 Å². The number of aromatic nitrogens is 2. The van der Waals surface area contributed by atoms with Crippen molar-refractivity contribution in [3.8, 4) is 17.6 Å². The molecular formula is C30H34N4O3. The van der Waals surface area contributed by atoms with Gasteiger partial charge in [-0.3, -0.25) is 9.69 Å². The summed E-state index contributed by atoms with van der Waals surface area (Å²) in [5.74, 6) is 6.29. The summed E-state index contributed by atoms with van der Waals surface area (Å²) in [5, 5.41) is 13.8. The average Bonchev–Trinajstić information content (AvgIpc) is 3.63. The van der Waals surface area contributed by atoms with Crippen molar-refractivity contribution in [2.45, 2.75) is 50.3 Å². The molecule has 1 aromatic heterocycles. The van der Waals surface area contributed by atoms with Crippen molar-refractivity contribution in [3.05, 3.63) is 93.2 Å². The Labute approximate surface area is 217 Å². The van der Waals surface area contributed by atoms with Crippen LogP contribution in [-0.4, -0.2) is 58.4 Å². The Balaban J connectivity index is 1.24. The highest BCUT2D eigenvalue weighted by Crippen LogP contribution is 2.35. The fourth-order valence-corrected chi connectivity index (χ4v) is 4.59. The highest BCUT2D eigenvalue weighted by atomic mass is 16.5. The van der Waals surface area contributed by atoms with Crippen molar-refractivity contribution in [1.29, 1.82) is 0 Å². The summed E-state index contributed by atoms with van der Waals surface area (Å²) in [6.45, 7) is 5.89. The number of rotatable bonds is 9. The van der Waals surface area contributed by atoms with Crippen LogP contribution in [0.2, 0.25) is 0 Å². The molecule has 1 aliphatic carbocycles. The first-order valence-electron chi connectivity index (χ1n) is 12.9. The van der Waals surface area contributed by atoms with Crippen LogP contribution in [-0.2, 0) is 17.7 Å². The van der Waals surface area contributed by atoms with E-state index in [1.54, 1.807) is 7.11 Å². The maximum Gasteiger partial charge on any atom is 0.293 e. The number of benzene rings is 2. The van der Waals surface area contributed by atoms with Crippen molar-refractivity contribution in [1.82, 2.24) is 20.2 Å². The van der Waals surface area contributed by atoms with Crippen LogP contribution < -0.4 is 10.9 Å². The third kappa shape index (κ3) is 6.47. The number of aromatic amines is 1. The number of methoxy groups -OCH3 is 1. The van der Waals surface area contributed by atoms with Crippen molar-refractivity contribution in [2.75, 3.05) is 26.7 Å². The zero-order valence-corrected chi connectivity index (χ0v) is 21.5. The second kappa shape index (κ2) is 10.9. The summed E-state index contributed by atoms with van der Waals surface area (Å²) < 4.78 is 5.34. The van der Waals surface area contributed by atoms with Gasteiger partial charge in [0.15, 0.2) is 0 Å². The van der Waals surface area contributed by atoms with Gasteiger partial charge in [-0.05, 0) is 55.2 Å². The van der Waals surface area contributed by atoms with Gasteiger partial charge in [-0.15, -0.1) is 0 Å². The minimum Gasteiger partial charge on any atom is -0.502 e. The van der Waals surface area contributed by atoms with E-state index in [1.807, 2.05) is 12.1 Å². The number of H-pyrrole nitrogens is 1. The molecule has 7 nitrogen and oxygen atoms in total. The molecule has 5 rings (SSSR count). The topological polar surface area (TPSA) is 90.5 Å². The fraction of sp³-hybridized carbons (Fsp3) is 0.400. The molecule has 192 valence electrons. The molecule has 2 heterocycles. The molecule has 2 aliphatic rings. The molecule has 1 saturated carbocycles. The number of likely N-dealkylation sites (tertiary alicyclic amines) is 1. The fourth-order valence-electron chi connectivity index (χ4n) is 4.59. The van der Waals surface area contributed by atoms with E-state index in [0.29, 0.717) is 18.2 Å². The minimum absolute atomic E-state index is 0.0674. The Bertz CT molecular complexity index is 1330. The number of aromatic hydroxyl groups is 1. The van der Waals surface area contributed by atoms with Crippen molar-refractivity contribution in [2.24, 2.45) is 0 Å². The molecule has 0 spiro atoms. The average molecular weight is 499 g/mol. The zero-order valence-electron chi connectivity index (χ0n) is 21.5. The van der Waals surface area contributed by atoms with Crippen molar-refractivity contribution >= 4 is 0 Å². The number of nitrogens with zero attached hydrogens (tertiary/aromatic N) is 2. The van der Waals surface area contributed by atoms with Crippen LogP contribution in [0, 0.1) is 11.8 Å². The molecule has 3 aromatic rings. The Morgan fingerprint density at radius 1 is 1.14 bits per heavy atom. The van der Waals surface area contributed by atoms with Gasteiger partial charge in [-0.25, -0.2) is 4.98 Å². The third-order valence-electron chi connectivity index (χ3n) is 7.47. The number of hydrogen-bond acceptors (Lipinski definition) is 6. The normalized spacial score (nSPS) is 17.5. The summed E-state index contributed by atoms with van der Waals surface area (Å²) in [4.78, 5) is 20.9. The summed E-state index contributed by atoms with van der Waals surface area (Å²) in [6, 6.07) is 16.7. The quantitative estimate of drug-likeness (QED) is 0.393. The van der Waals surface area contributed by atoms with E-state index in [1.165, 1.54) is 11.9 Å². The van der Waals surface area contributed by atoms with Crippen LogP contribution >= 0.6 is 0 Å². The maximum atomic E-state index is 11.8. The Kier molecular flexibility index (Phi) is 7.43. The summed E-state index contributed by atoms with van der Waals surface area (Å²) in [6.07, 6.45) is 4.51. The highest BCUT2D eigenvalue weighted by molar-refractivity contribution is 5.44. The van der Waals surface area contributed by atoms with Crippen molar-refractivity contribution in [3.63, 3.8) is 0 Å². The van der Waals surface area contributed by atoms with E-state index in [9.17, 15) is 9.90 Å². The van der Waals surface area contributed by atoms with E-state index < -0.39 is 5.56 Å². The molecule has 2 fully saturated rings. The molecule has 3 N–H and O–H groups in total. The monoisotopic (exact) mass is 498 g/mol. The second-order valence-corrected chi connectivity index (χ2v) is 10.5. The number of nitrogens with one attached hydrogen (secondary N) is 2. The molecule has 0 amide bonds. The van der Waals surface area contributed by atoms with Gasteiger partial charge in [-0.2, -0.15) is 0 Å². The highest BCUT2D eigenvalue weighted by Gasteiger charge is 2.37. The molecular weight excluding hydrogens is 464 g/mol. The second-order valence-electron chi connectivity index (χ2n) is 10.5. The van der Waals surface area contributed by atoms with E-state index >= 15 is 0 Å². The van der Waals surface area contributed by atoms with Crippen LogP contribution in [0.4, 0.5) is 0 Å². The van der Waals surface area contributed by atoms with Gasteiger partial charge in [0, 0.05) is 62.3 Å². The van der Waals surface area contributed by atoms with Gasteiger partial charge in [0.05, 0.1) is 18.1 Å². The van der Waals surface area contributed by atoms with Gasteiger partial charge in [0.25, 0.3) is 5.56 Å². The standard InChI is InChI=1S/C30H34N4O3/c1-30(13-14-30)33-16-25(15-27-28(35)29(36)32-20-31-27)24-11-9-22(10-12-24)4-3-21-5-7-23(8-6-21)17-34-18-26(19-34)37-2/h5-12,20,25-26,33,35H,13-19H2,1-2H3,(H,31,32,36)/t25-/m0/s1. The first kappa shape index (κ1) is 25.2. The van der Waals surface area contributed by atoms with Crippen LogP contribution in [0.5, 0.6) is 5.75 Å². The van der Waals surface area contributed by atoms with Crippen molar-refractivity contribution < 1.29 is 9.84 Å². The Morgan fingerprint density at radius 2 is 1.78 bits per heavy atom. The molecule has 0 unspecified atom stereocenters. The van der Waals surface area contributed by atoms with Gasteiger partial charge >= 0.3 is 0 Å². The molecule has 1 saturated heterocycles. The lowest BCUT2D eigenvalue weighted by Crippen LogP contribution is -2.50. The molecule has 37 heavy (non-hydrogen) atoms. The van der Waals surface area contributed by atoms with Gasteiger partial charge in [0.2, 0.25) is 5.75 Å². The van der Waals surface area contributed by atoms with Gasteiger partial charge < -0.3 is 20.1 Å². The molecule has 0 radical (unpaired) electrons. The van der Waals surface area contributed by atoms with E-state index in [2.05, 4.69) is 75.3 Å². The predicted octanol–water partition coefficient (Wildman–Crippen LogP) is 3.17. The summed E-state index contributed by atoms with van der Waals surface area (Å²) in [7, 11) is 1.77. The van der Waals surface area contributed by atoms with Crippen LogP contribution in [0.1, 0.15) is 53.6 Å². The molecule has 2 aromatic carbocycles. The number of hydrogen-bond donors (Lipinski definition) is 3. The van der Waals surface area contributed by atoms with Crippen LogP contribution in [0.15, 0.2) is 59.7 Å². The van der Waals surface area contributed by atoms with Gasteiger partial charge in [-0.1, -0.05) is 36.1 Å².